The Morgan fingerprint density at radius 1 is 1.15 bits per heavy atom. The molecule has 0 aromatic heterocycles. The lowest BCUT2D eigenvalue weighted by Gasteiger charge is -2.35. The number of esters is 1. The van der Waals surface area contributed by atoms with Crippen molar-refractivity contribution < 1.29 is 9.53 Å². The third kappa shape index (κ3) is 4.76. The zero-order valence-corrected chi connectivity index (χ0v) is 15.6. The quantitative estimate of drug-likeness (QED) is 0.822. The molecule has 1 aliphatic carbocycles. The van der Waals surface area contributed by atoms with Crippen LogP contribution in [0.5, 0.6) is 0 Å². The van der Waals surface area contributed by atoms with Crippen molar-refractivity contribution in [2.45, 2.75) is 44.6 Å². The average molecular weight is 355 g/mol. The maximum atomic E-state index is 11.6. The summed E-state index contributed by atoms with van der Waals surface area (Å²) < 4.78 is 4.86. The highest BCUT2D eigenvalue weighted by Crippen LogP contribution is 2.27. The summed E-state index contributed by atoms with van der Waals surface area (Å²) in [5.74, 6) is 0.787. The van der Waals surface area contributed by atoms with E-state index in [1.807, 2.05) is 12.1 Å². The minimum atomic E-state index is -0.0429. The molecule has 2 fully saturated rings. The van der Waals surface area contributed by atoms with Crippen LogP contribution < -0.4 is 10.2 Å². The number of benzene rings is 1. The molecule has 0 atom stereocenters. The van der Waals surface area contributed by atoms with Crippen LogP contribution in [0.25, 0.3) is 0 Å². The molecule has 140 valence electrons. The highest BCUT2D eigenvalue weighted by Gasteiger charge is 2.27. The molecule has 1 aromatic carbocycles. The topological polar surface area (TPSA) is 65.4 Å². The largest absolute Gasteiger partial charge is 0.469 e. The standard InChI is InChI=1S/C21H29N3O2/c1-26-21(25)18-4-6-19(7-5-18)23-15-17-10-12-24(13-11-17)20-8-2-16(14-22)3-9-20/h2-3,8-9,17-19,23H,4-7,10-13,15H2,1H3/t18-,19-. The number of rotatable bonds is 5. The van der Waals surface area contributed by atoms with E-state index in [2.05, 4.69) is 28.4 Å². The zero-order chi connectivity index (χ0) is 18.4. The lowest BCUT2D eigenvalue weighted by atomic mass is 9.85. The summed E-state index contributed by atoms with van der Waals surface area (Å²) in [6.45, 7) is 3.23. The Morgan fingerprint density at radius 2 is 1.81 bits per heavy atom. The van der Waals surface area contributed by atoms with Crippen LogP contribution in [0.1, 0.15) is 44.1 Å². The Bertz CT molecular complexity index is 622. The number of hydrogen-bond acceptors (Lipinski definition) is 5. The van der Waals surface area contributed by atoms with Gasteiger partial charge in [0.1, 0.15) is 0 Å². The van der Waals surface area contributed by atoms with E-state index >= 15 is 0 Å². The first-order valence-electron chi connectivity index (χ1n) is 9.76. The summed E-state index contributed by atoms with van der Waals surface area (Å²) in [4.78, 5) is 14.0. The number of methoxy groups -OCH3 is 1. The summed E-state index contributed by atoms with van der Waals surface area (Å²) in [6.07, 6.45) is 6.44. The number of nitrogens with zero attached hydrogens (tertiary/aromatic N) is 2. The minimum absolute atomic E-state index is 0.0429. The molecule has 26 heavy (non-hydrogen) atoms. The zero-order valence-electron chi connectivity index (χ0n) is 15.6. The first-order chi connectivity index (χ1) is 12.7. The van der Waals surface area contributed by atoms with E-state index in [-0.39, 0.29) is 11.9 Å². The van der Waals surface area contributed by atoms with Gasteiger partial charge in [0.15, 0.2) is 0 Å². The van der Waals surface area contributed by atoms with Gasteiger partial charge in [-0.05, 0) is 75.3 Å². The Hall–Kier alpha value is -2.06. The maximum absolute atomic E-state index is 11.6. The van der Waals surface area contributed by atoms with Gasteiger partial charge in [0.25, 0.3) is 0 Å². The number of nitrogens with one attached hydrogen (secondary N) is 1. The van der Waals surface area contributed by atoms with Crippen LogP contribution >= 0.6 is 0 Å². The number of carbonyl (C=O) groups is 1. The van der Waals surface area contributed by atoms with Gasteiger partial charge in [0.05, 0.1) is 24.7 Å². The number of hydrogen-bond donors (Lipinski definition) is 1. The molecule has 1 heterocycles. The van der Waals surface area contributed by atoms with E-state index in [9.17, 15) is 4.79 Å². The second-order valence-electron chi connectivity index (χ2n) is 7.57. The molecule has 3 rings (SSSR count). The minimum Gasteiger partial charge on any atom is -0.469 e. The molecule has 1 N–H and O–H groups in total. The molecule has 2 aliphatic rings. The molecule has 0 spiro atoms. The van der Waals surface area contributed by atoms with Gasteiger partial charge in [-0.2, -0.15) is 5.26 Å². The molecule has 0 amide bonds. The molecule has 1 saturated heterocycles. The van der Waals surface area contributed by atoms with E-state index in [4.69, 9.17) is 10.00 Å². The molecule has 0 bridgehead atoms. The van der Waals surface area contributed by atoms with E-state index in [0.717, 1.165) is 56.8 Å². The van der Waals surface area contributed by atoms with Crippen LogP contribution in [0, 0.1) is 23.2 Å². The van der Waals surface area contributed by atoms with Crippen molar-refractivity contribution in [3.63, 3.8) is 0 Å². The fourth-order valence-corrected chi connectivity index (χ4v) is 4.18. The monoisotopic (exact) mass is 355 g/mol. The molecule has 1 aromatic rings. The summed E-state index contributed by atoms with van der Waals surface area (Å²) in [5.41, 5.74) is 1.94. The Labute approximate surface area is 156 Å². The van der Waals surface area contributed by atoms with Crippen LogP contribution in [0.4, 0.5) is 5.69 Å². The normalized spacial score (nSPS) is 24.1. The van der Waals surface area contributed by atoms with Gasteiger partial charge in [-0.25, -0.2) is 0 Å². The first kappa shape index (κ1) is 18.7. The maximum Gasteiger partial charge on any atom is 0.308 e. The van der Waals surface area contributed by atoms with E-state index in [0.29, 0.717) is 6.04 Å². The number of carbonyl (C=O) groups excluding carboxylic acids is 1. The SMILES string of the molecule is COC(=O)[C@H]1CC[C@H](NCC2CCN(c3ccc(C#N)cc3)CC2)CC1. The molecule has 1 saturated carbocycles. The molecule has 0 radical (unpaired) electrons. The third-order valence-electron chi connectivity index (χ3n) is 5.93. The van der Waals surface area contributed by atoms with Gasteiger partial charge in [0, 0.05) is 24.8 Å². The Kier molecular flexibility index (Phi) is 6.51. The smallest absolute Gasteiger partial charge is 0.308 e. The lowest BCUT2D eigenvalue weighted by Crippen LogP contribution is -2.41. The highest BCUT2D eigenvalue weighted by atomic mass is 16.5. The van der Waals surface area contributed by atoms with Crippen molar-refractivity contribution >= 4 is 11.7 Å². The lowest BCUT2D eigenvalue weighted by molar-refractivity contribution is -0.146. The van der Waals surface area contributed by atoms with E-state index in [1.165, 1.54) is 25.6 Å². The van der Waals surface area contributed by atoms with Crippen molar-refractivity contribution in [2.24, 2.45) is 11.8 Å². The van der Waals surface area contributed by atoms with Crippen molar-refractivity contribution in [3.05, 3.63) is 29.8 Å². The number of piperidine rings is 1. The number of anilines is 1. The highest BCUT2D eigenvalue weighted by molar-refractivity contribution is 5.72. The molecular weight excluding hydrogens is 326 g/mol. The van der Waals surface area contributed by atoms with E-state index < -0.39 is 0 Å². The second-order valence-corrected chi connectivity index (χ2v) is 7.57. The van der Waals surface area contributed by atoms with Gasteiger partial charge in [-0.1, -0.05) is 0 Å². The molecule has 5 nitrogen and oxygen atoms in total. The molecule has 1 aliphatic heterocycles. The van der Waals surface area contributed by atoms with Crippen molar-refractivity contribution in [2.75, 3.05) is 31.6 Å². The molecular formula is C21H29N3O2. The van der Waals surface area contributed by atoms with Gasteiger partial charge in [-0.3, -0.25) is 4.79 Å². The Morgan fingerprint density at radius 3 is 2.38 bits per heavy atom. The predicted molar refractivity (Wildman–Crippen MR) is 102 cm³/mol. The van der Waals surface area contributed by atoms with Crippen LogP contribution in [0.3, 0.4) is 0 Å². The van der Waals surface area contributed by atoms with Crippen molar-refractivity contribution in [1.29, 1.82) is 5.26 Å². The summed E-state index contributed by atoms with van der Waals surface area (Å²) in [6, 6.07) is 10.6. The first-order valence-corrected chi connectivity index (χ1v) is 9.76. The van der Waals surface area contributed by atoms with Crippen molar-refractivity contribution in [3.8, 4) is 6.07 Å². The van der Waals surface area contributed by atoms with Gasteiger partial charge < -0.3 is 15.0 Å². The van der Waals surface area contributed by atoms with Crippen LogP contribution in [0.2, 0.25) is 0 Å². The van der Waals surface area contributed by atoms with Gasteiger partial charge >= 0.3 is 5.97 Å². The predicted octanol–water partition coefficient (Wildman–Crippen LogP) is 3.10. The summed E-state index contributed by atoms with van der Waals surface area (Å²) in [7, 11) is 1.48. The fourth-order valence-electron chi connectivity index (χ4n) is 4.18. The van der Waals surface area contributed by atoms with Crippen LogP contribution in [-0.4, -0.2) is 38.8 Å². The van der Waals surface area contributed by atoms with Crippen LogP contribution in [0.15, 0.2) is 24.3 Å². The molecule has 5 heteroatoms. The fraction of sp³-hybridized carbons (Fsp3) is 0.619. The number of ether oxygens (including phenoxy) is 1. The summed E-state index contributed by atoms with van der Waals surface area (Å²) >= 11 is 0. The van der Waals surface area contributed by atoms with Crippen LogP contribution in [-0.2, 0) is 9.53 Å². The molecule has 0 unspecified atom stereocenters. The second kappa shape index (κ2) is 9.05. The third-order valence-corrected chi connectivity index (χ3v) is 5.93. The van der Waals surface area contributed by atoms with Gasteiger partial charge in [-0.15, -0.1) is 0 Å². The number of nitriles is 1. The summed E-state index contributed by atoms with van der Waals surface area (Å²) in [5, 5.41) is 12.6. The van der Waals surface area contributed by atoms with Crippen molar-refractivity contribution in [1.82, 2.24) is 5.32 Å². The van der Waals surface area contributed by atoms with Gasteiger partial charge in [0.2, 0.25) is 0 Å². The van der Waals surface area contributed by atoms with E-state index in [1.54, 1.807) is 0 Å². The Balaban J connectivity index is 1.37. The average Bonchev–Trinajstić information content (AvgIpc) is 2.72.